The van der Waals surface area contributed by atoms with Gasteiger partial charge in [-0.15, -0.1) is 0 Å². The van der Waals surface area contributed by atoms with Crippen LogP contribution in [0.2, 0.25) is 0 Å². The molecule has 0 bridgehead atoms. The van der Waals surface area contributed by atoms with Crippen molar-refractivity contribution < 1.29 is 39.6 Å². The normalized spacial score (nSPS) is 32.0. The van der Waals surface area contributed by atoms with Crippen molar-refractivity contribution in [3.8, 4) is 0 Å². The van der Waals surface area contributed by atoms with Gasteiger partial charge in [0.05, 0.1) is 0 Å². The van der Waals surface area contributed by atoms with E-state index in [2.05, 4.69) is 0 Å². The van der Waals surface area contributed by atoms with Crippen molar-refractivity contribution in [2.45, 2.75) is 6.42 Å². The van der Waals surface area contributed by atoms with Gasteiger partial charge in [-0.3, -0.25) is 0 Å². The quantitative estimate of drug-likeness (QED) is 0.470. The predicted molar refractivity (Wildman–Crippen MR) is 38.6 cm³/mol. The summed E-state index contributed by atoms with van der Waals surface area (Å²) < 4.78 is 0. The first kappa shape index (κ1) is 12.9. The number of carboxylic acid groups (broad SMARTS) is 4. The highest BCUT2D eigenvalue weighted by molar-refractivity contribution is 5.88. The maximum absolute atomic E-state index is 10.7. The zero-order chi connectivity index (χ0) is 13.3. The van der Waals surface area contributed by atoms with Gasteiger partial charge in [0.25, 0.3) is 0 Å². The third kappa shape index (κ3) is 2.19. The van der Waals surface area contributed by atoms with E-state index < -0.39 is 54.0 Å². The molecule has 1 rings (SSSR count). The van der Waals surface area contributed by atoms with Crippen LogP contribution in [0.1, 0.15) is 6.42 Å². The number of carbonyl (C=O) groups is 4. The molecule has 0 saturated heterocycles. The minimum atomic E-state index is -1.99. The van der Waals surface area contributed by atoms with Crippen LogP contribution >= 0.6 is 0 Å². The van der Waals surface area contributed by atoms with Crippen LogP contribution in [0.5, 0.6) is 0 Å². The molecule has 1 saturated carbocycles. The predicted octanol–water partition coefficient (Wildman–Crippen LogP) is -6.15. The van der Waals surface area contributed by atoms with Gasteiger partial charge in [-0.05, 0) is 6.42 Å². The van der Waals surface area contributed by atoms with Crippen LogP contribution in [0.4, 0.5) is 0 Å². The van der Waals surface area contributed by atoms with Crippen molar-refractivity contribution in [3.63, 3.8) is 0 Å². The molecule has 94 valence electrons. The Bertz CT molecular complexity index is 350. The molecule has 1 aliphatic carbocycles. The molecular weight excluding hydrogens is 236 g/mol. The summed E-state index contributed by atoms with van der Waals surface area (Å²) in [5, 5.41) is 42.6. The van der Waals surface area contributed by atoms with Gasteiger partial charge in [-0.25, -0.2) is 0 Å². The molecule has 0 spiro atoms. The van der Waals surface area contributed by atoms with Gasteiger partial charge in [0.15, 0.2) is 0 Å². The second-order valence-corrected chi connectivity index (χ2v) is 3.78. The van der Waals surface area contributed by atoms with Crippen LogP contribution in [0, 0.1) is 23.7 Å². The Morgan fingerprint density at radius 3 is 1.12 bits per heavy atom. The fraction of sp³-hybridized carbons (Fsp3) is 0.556. The third-order valence-corrected chi connectivity index (χ3v) is 2.91. The van der Waals surface area contributed by atoms with E-state index in [-0.39, 0.29) is 0 Å². The van der Waals surface area contributed by atoms with Gasteiger partial charge in [0, 0.05) is 47.5 Å². The lowest BCUT2D eigenvalue weighted by Gasteiger charge is -2.28. The molecule has 0 radical (unpaired) electrons. The van der Waals surface area contributed by atoms with E-state index >= 15 is 0 Å². The molecule has 0 aromatic carbocycles. The molecule has 8 heteroatoms. The molecule has 1 aliphatic rings. The van der Waals surface area contributed by atoms with Gasteiger partial charge in [0.2, 0.25) is 0 Å². The van der Waals surface area contributed by atoms with Gasteiger partial charge in [-0.2, -0.15) is 0 Å². The molecule has 0 unspecified atom stereocenters. The van der Waals surface area contributed by atoms with E-state index in [1.807, 2.05) is 0 Å². The minimum absolute atomic E-state index is 0.692. The lowest BCUT2D eigenvalue weighted by atomic mass is 9.87. The fourth-order valence-electron chi connectivity index (χ4n) is 2.17. The standard InChI is InChI=1S/C9H10O8/c10-6(11)2-1-3(7(12)13)5(9(16)17)4(2)8(14)15/h2-5H,1H2,(H,10,11)(H,12,13)(H,14,15)(H,16,17)/p-4/t2-,3+,4-,5-/m1/s1. The molecule has 1 fully saturated rings. The van der Waals surface area contributed by atoms with E-state index in [1.165, 1.54) is 0 Å². The molecule has 0 aromatic heterocycles. The lowest BCUT2D eigenvalue weighted by molar-refractivity contribution is -0.335. The summed E-state index contributed by atoms with van der Waals surface area (Å²) in [6.07, 6.45) is -0.692. The van der Waals surface area contributed by atoms with Crippen molar-refractivity contribution in [3.05, 3.63) is 0 Å². The zero-order valence-electron chi connectivity index (χ0n) is 8.28. The second-order valence-electron chi connectivity index (χ2n) is 3.78. The van der Waals surface area contributed by atoms with Crippen molar-refractivity contribution in [2.75, 3.05) is 0 Å². The van der Waals surface area contributed by atoms with Crippen LogP contribution in [0.3, 0.4) is 0 Å². The van der Waals surface area contributed by atoms with Crippen LogP contribution in [0.15, 0.2) is 0 Å². The third-order valence-electron chi connectivity index (χ3n) is 2.91. The Labute approximate surface area is 94.5 Å². The Kier molecular flexibility index (Phi) is 3.35. The topological polar surface area (TPSA) is 161 Å². The lowest BCUT2D eigenvalue weighted by Crippen LogP contribution is -2.49. The Morgan fingerprint density at radius 2 is 0.941 bits per heavy atom. The zero-order valence-corrected chi connectivity index (χ0v) is 8.28. The van der Waals surface area contributed by atoms with Gasteiger partial charge < -0.3 is 39.6 Å². The van der Waals surface area contributed by atoms with Crippen LogP contribution in [-0.4, -0.2) is 23.9 Å². The molecule has 0 aliphatic heterocycles. The average Bonchev–Trinajstić information content (AvgIpc) is 2.56. The highest BCUT2D eigenvalue weighted by Gasteiger charge is 2.45. The minimum Gasteiger partial charge on any atom is -0.550 e. The van der Waals surface area contributed by atoms with E-state index in [9.17, 15) is 39.6 Å². The first-order valence-corrected chi connectivity index (χ1v) is 4.60. The highest BCUT2D eigenvalue weighted by atomic mass is 16.4. The van der Waals surface area contributed by atoms with Crippen molar-refractivity contribution >= 4 is 23.9 Å². The van der Waals surface area contributed by atoms with E-state index in [1.54, 1.807) is 0 Å². The highest BCUT2D eigenvalue weighted by Crippen LogP contribution is 2.40. The number of carboxylic acids is 4. The summed E-state index contributed by atoms with van der Waals surface area (Å²) in [6.45, 7) is 0. The smallest absolute Gasteiger partial charge is 0.0458 e. The van der Waals surface area contributed by atoms with Crippen LogP contribution in [-0.2, 0) is 19.2 Å². The van der Waals surface area contributed by atoms with E-state index in [4.69, 9.17) is 0 Å². The summed E-state index contributed by atoms with van der Waals surface area (Å²) in [5.74, 6) is -15.1. The number of hydrogen-bond acceptors (Lipinski definition) is 8. The molecule has 17 heavy (non-hydrogen) atoms. The number of hydrogen-bond donors (Lipinski definition) is 0. The van der Waals surface area contributed by atoms with E-state index in [0.29, 0.717) is 0 Å². The Balaban J connectivity index is 3.17. The summed E-state index contributed by atoms with van der Waals surface area (Å²) in [7, 11) is 0. The summed E-state index contributed by atoms with van der Waals surface area (Å²) in [5.41, 5.74) is 0. The SMILES string of the molecule is O=C([O-])[C@H]1[C@H](C(=O)[O-])[C@H](C(=O)[O-])C[C@@H]1C(=O)[O-]. The van der Waals surface area contributed by atoms with Gasteiger partial charge in [-0.1, -0.05) is 0 Å². The fourth-order valence-corrected chi connectivity index (χ4v) is 2.17. The Morgan fingerprint density at radius 1 is 0.647 bits per heavy atom. The van der Waals surface area contributed by atoms with Crippen molar-refractivity contribution in [1.29, 1.82) is 0 Å². The van der Waals surface area contributed by atoms with Gasteiger partial charge in [0.1, 0.15) is 0 Å². The molecule has 8 nitrogen and oxygen atoms in total. The average molecular weight is 242 g/mol. The summed E-state index contributed by atoms with van der Waals surface area (Å²) in [4.78, 5) is 42.6. The van der Waals surface area contributed by atoms with Crippen molar-refractivity contribution in [2.24, 2.45) is 23.7 Å². The molecule has 0 amide bonds. The monoisotopic (exact) mass is 242 g/mol. The summed E-state index contributed by atoms with van der Waals surface area (Å²) in [6, 6.07) is 0. The largest absolute Gasteiger partial charge is 0.550 e. The molecule has 0 heterocycles. The Hall–Kier alpha value is -2.12. The number of carbonyl (C=O) groups excluding carboxylic acids is 4. The van der Waals surface area contributed by atoms with Crippen LogP contribution in [0.25, 0.3) is 0 Å². The van der Waals surface area contributed by atoms with E-state index in [0.717, 1.165) is 0 Å². The first-order valence-electron chi connectivity index (χ1n) is 4.60. The number of aliphatic carboxylic acids is 4. The molecular formula is C9H6O8-4. The molecule has 4 atom stereocenters. The number of rotatable bonds is 4. The summed E-state index contributed by atoms with van der Waals surface area (Å²) >= 11 is 0. The molecule has 0 aromatic rings. The maximum atomic E-state index is 10.7. The second kappa shape index (κ2) is 4.40. The van der Waals surface area contributed by atoms with Crippen molar-refractivity contribution in [1.82, 2.24) is 0 Å². The maximum Gasteiger partial charge on any atom is 0.0458 e. The van der Waals surface area contributed by atoms with Gasteiger partial charge >= 0.3 is 0 Å². The first-order chi connectivity index (χ1) is 7.77. The molecule has 0 N–H and O–H groups in total. The van der Waals surface area contributed by atoms with Crippen LogP contribution < -0.4 is 20.4 Å².